The van der Waals surface area contributed by atoms with Crippen molar-refractivity contribution in [3.8, 4) is 0 Å². The molecule has 0 amide bonds. The number of sulfonamides is 1. The number of rotatable bonds is 8. The molecule has 0 aliphatic carbocycles. The summed E-state index contributed by atoms with van der Waals surface area (Å²) in [4.78, 5) is 12.9. The van der Waals surface area contributed by atoms with Gasteiger partial charge in [0.05, 0.1) is 10.1 Å². The van der Waals surface area contributed by atoms with Crippen molar-refractivity contribution in [1.82, 2.24) is 18.9 Å². The van der Waals surface area contributed by atoms with Gasteiger partial charge in [0.25, 0.3) is 0 Å². The third kappa shape index (κ3) is 4.48. The van der Waals surface area contributed by atoms with E-state index in [2.05, 4.69) is 10.2 Å². The van der Waals surface area contributed by atoms with Gasteiger partial charge in [0.15, 0.2) is 16.6 Å². The van der Waals surface area contributed by atoms with Crippen LogP contribution in [0.25, 0.3) is 5.65 Å². The van der Waals surface area contributed by atoms with Crippen LogP contribution in [0.4, 0.5) is 0 Å². The first-order valence-electron chi connectivity index (χ1n) is 9.09. The highest BCUT2D eigenvalue weighted by molar-refractivity contribution is 8.00. The van der Waals surface area contributed by atoms with Crippen LogP contribution in [0.2, 0.25) is 5.02 Å². The highest BCUT2D eigenvalue weighted by atomic mass is 35.5. The number of pyridine rings is 1. The van der Waals surface area contributed by atoms with Crippen molar-refractivity contribution < 1.29 is 13.2 Å². The second kappa shape index (κ2) is 8.83. The van der Waals surface area contributed by atoms with Gasteiger partial charge in [-0.15, -0.1) is 10.2 Å². The Morgan fingerprint density at radius 2 is 1.93 bits per heavy atom. The summed E-state index contributed by atoms with van der Waals surface area (Å²) in [5, 5.41) is 8.69. The molecular formula is C19H21ClN4O3S2. The smallest absolute Gasteiger partial charge is 0.244 e. The van der Waals surface area contributed by atoms with Crippen LogP contribution in [-0.4, -0.2) is 51.4 Å². The second-order valence-electron chi connectivity index (χ2n) is 6.30. The van der Waals surface area contributed by atoms with Crippen molar-refractivity contribution in [2.24, 2.45) is 0 Å². The van der Waals surface area contributed by atoms with Gasteiger partial charge in [-0.25, -0.2) is 8.42 Å². The largest absolute Gasteiger partial charge is 0.293 e. The zero-order valence-electron chi connectivity index (χ0n) is 16.2. The first-order chi connectivity index (χ1) is 13.8. The van der Waals surface area contributed by atoms with E-state index in [0.717, 1.165) is 0 Å². The molecular weight excluding hydrogens is 432 g/mol. The number of hydrogen-bond acceptors (Lipinski definition) is 6. The number of fused-ring (bicyclic) bond motifs is 1. The summed E-state index contributed by atoms with van der Waals surface area (Å²) in [6.45, 7) is 6.12. The van der Waals surface area contributed by atoms with E-state index in [1.807, 2.05) is 0 Å². The highest BCUT2D eigenvalue weighted by Crippen LogP contribution is 2.27. The van der Waals surface area contributed by atoms with Crippen molar-refractivity contribution >= 4 is 44.8 Å². The van der Waals surface area contributed by atoms with E-state index in [1.165, 1.54) is 28.3 Å². The summed E-state index contributed by atoms with van der Waals surface area (Å²) in [6.07, 6.45) is 1.50. The van der Waals surface area contributed by atoms with E-state index < -0.39 is 15.3 Å². The minimum atomic E-state index is -3.61. The molecule has 0 saturated carbocycles. The Morgan fingerprint density at radius 1 is 1.21 bits per heavy atom. The van der Waals surface area contributed by atoms with Crippen molar-refractivity contribution in [3.05, 3.63) is 53.2 Å². The van der Waals surface area contributed by atoms with E-state index in [9.17, 15) is 13.2 Å². The van der Waals surface area contributed by atoms with Crippen LogP contribution in [0.15, 0.2) is 52.6 Å². The molecule has 0 spiro atoms. The number of halogens is 1. The van der Waals surface area contributed by atoms with Gasteiger partial charge in [0.2, 0.25) is 10.0 Å². The molecule has 0 N–H and O–H groups in total. The Hall–Kier alpha value is -1.94. The Bertz CT molecular complexity index is 1140. The predicted octanol–water partition coefficient (Wildman–Crippen LogP) is 3.78. The molecule has 7 nitrogen and oxygen atoms in total. The number of ketones is 1. The van der Waals surface area contributed by atoms with Gasteiger partial charge in [-0.05, 0) is 31.2 Å². The van der Waals surface area contributed by atoms with Crippen molar-refractivity contribution in [2.75, 3.05) is 13.1 Å². The van der Waals surface area contributed by atoms with Crippen LogP contribution in [0, 0.1) is 0 Å². The lowest BCUT2D eigenvalue weighted by atomic mass is 10.1. The number of Topliss-reactive ketones (excluding diaryl/α,β-unsaturated/α-hetero) is 1. The molecule has 3 rings (SSSR count). The molecule has 29 heavy (non-hydrogen) atoms. The number of benzene rings is 1. The summed E-state index contributed by atoms with van der Waals surface area (Å²) in [7, 11) is -3.61. The minimum Gasteiger partial charge on any atom is -0.293 e. The zero-order valence-corrected chi connectivity index (χ0v) is 18.6. The van der Waals surface area contributed by atoms with Gasteiger partial charge in [-0.3, -0.25) is 9.20 Å². The molecule has 1 aromatic carbocycles. The van der Waals surface area contributed by atoms with E-state index >= 15 is 0 Å². The summed E-state index contributed by atoms with van der Waals surface area (Å²) < 4.78 is 28.6. The quantitative estimate of drug-likeness (QED) is 0.382. The van der Waals surface area contributed by atoms with Crippen molar-refractivity contribution in [1.29, 1.82) is 0 Å². The molecule has 0 saturated heterocycles. The third-order valence-corrected chi connectivity index (χ3v) is 7.77. The first-order valence-corrected chi connectivity index (χ1v) is 11.8. The number of thioether (sulfide) groups is 1. The van der Waals surface area contributed by atoms with Gasteiger partial charge in [0, 0.05) is 29.9 Å². The van der Waals surface area contributed by atoms with E-state index in [0.29, 0.717) is 34.5 Å². The molecule has 154 valence electrons. The van der Waals surface area contributed by atoms with Crippen LogP contribution >= 0.6 is 23.4 Å². The van der Waals surface area contributed by atoms with Crippen LogP contribution in [0.1, 0.15) is 31.1 Å². The summed E-state index contributed by atoms with van der Waals surface area (Å²) >= 11 is 7.19. The highest BCUT2D eigenvalue weighted by Gasteiger charge is 2.24. The first kappa shape index (κ1) is 21.8. The van der Waals surface area contributed by atoms with Crippen LogP contribution in [0.3, 0.4) is 0 Å². The molecule has 2 heterocycles. The van der Waals surface area contributed by atoms with Crippen LogP contribution in [-0.2, 0) is 10.0 Å². The Kier molecular flexibility index (Phi) is 6.62. The fourth-order valence-electron chi connectivity index (χ4n) is 2.88. The zero-order chi connectivity index (χ0) is 21.2. The fourth-order valence-corrected chi connectivity index (χ4v) is 5.44. The maximum absolute atomic E-state index is 12.8. The second-order valence-corrected chi connectivity index (χ2v) is 9.98. The van der Waals surface area contributed by atoms with E-state index in [-0.39, 0.29) is 10.7 Å². The van der Waals surface area contributed by atoms with Gasteiger partial charge >= 0.3 is 0 Å². The summed E-state index contributed by atoms with van der Waals surface area (Å²) in [5.41, 5.74) is 1.02. The Labute approximate surface area is 179 Å². The molecule has 3 aromatic rings. The third-order valence-electron chi connectivity index (χ3n) is 4.45. The van der Waals surface area contributed by atoms with Gasteiger partial charge in [0.1, 0.15) is 0 Å². The average molecular weight is 453 g/mol. The summed E-state index contributed by atoms with van der Waals surface area (Å²) in [6, 6.07) is 9.90. The molecule has 0 bridgehead atoms. The monoisotopic (exact) mass is 452 g/mol. The molecule has 0 aliphatic heterocycles. The number of hydrogen-bond donors (Lipinski definition) is 0. The van der Waals surface area contributed by atoms with Gasteiger partial charge in [-0.2, -0.15) is 4.31 Å². The maximum Gasteiger partial charge on any atom is 0.244 e. The van der Waals surface area contributed by atoms with Crippen molar-refractivity contribution in [2.45, 2.75) is 36.1 Å². The fraction of sp³-hybridized carbons (Fsp3) is 0.316. The molecule has 0 radical (unpaired) electrons. The minimum absolute atomic E-state index is 0.0961. The topological polar surface area (TPSA) is 84.6 Å². The van der Waals surface area contributed by atoms with Crippen molar-refractivity contribution in [3.63, 3.8) is 0 Å². The number of carbonyl (C=O) groups excluding carboxylic acids is 1. The number of carbonyl (C=O) groups is 1. The maximum atomic E-state index is 12.8. The molecule has 0 aliphatic rings. The van der Waals surface area contributed by atoms with Gasteiger partial charge < -0.3 is 0 Å². The SMILES string of the molecule is CCN(CC)S(=O)(=O)c1ccc2nnc(SC(C)C(=O)c3cccc(Cl)c3)n2c1. The molecule has 2 aromatic heterocycles. The van der Waals surface area contributed by atoms with Gasteiger partial charge in [-0.1, -0.05) is 49.3 Å². The van der Waals surface area contributed by atoms with E-state index in [4.69, 9.17) is 11.6 Å². The molecule has 10 heteroatoms. The van der Waals surface area contributed by atoms with Crippen LogP contribution < -0.4 is 0 Å². The molecule has 1 atom stereocenters. The molecule has 1 unspecified atom stereocenters. The number of nitrogens with zero attached hydrogens (tertiary/aromatic N) is 4. The lowest BCUT2D eigenvalue weighted by Gasteiger charge is -2.18. The predicted molar refractivity (Wildman–Crippen MR) is 114 cm³/mol. The average Bonchev–Trinajstić information content (AvgIpc) is 3.10. The van der Waals surface area contributed by atoms with Crippen LogP contribution in [0.5, 0.6) is 0 Å². The van der Waals surface area contributed by atoms with E-state index in [1.54, 1.807) is 55.5 Å². The summed E-state index contributed by atoms with van der Waals surface area (Å²) in [5.74, 6) is -0.0961. The Balaban J connectivity index is 1.91. The molecule has 0 fully saturated rings. The standard InChI is InChI=1S/C19H21ClN4O3S2/c1-4-23(5-2)29(26,27)16-9-10-17-21-22-19(24(17)12-16)28-13(3)18(25)14-7-6-8-15(20)11-14/h6-13H,4-5H2,1-3H3. The Morgan fingerprint density at radius 3 is 2.59 bits per heavy atom. The lowest BCUT2D eigenvalue weighted by Crippen LogP contribution is -2.30. The normalized spacial score (nSPS) is 13.1. The lowest BCUT2D eigenvalue weighted by molar-refractivity contribution is 0.0994. The number of aromatic nitrogens is 3.